The van der Waals surface area contributed by atoms with E-state index in [2.05, 4.69) is 15.4 Å². The average molecular weight is 415 g/mol. The largest absolute Gasteiger partial charge is 0.450 e. The second-order valence-corrected chi connectivity index (χ2v) is 9.13. The number of carbonyl (C=O) groups is 3. The van der Waals surface area contributed by atoms with Gasteiger partial charge in [-0.05, 0) is 37.3 Å². The van der Waals surface area contributed by atoms with Gasteiger partial charge in [0.05, 0.1) is 28.5 Å². The standard InChI is InChI=1S/C16H21N3O6S2/c1-3-25-16(22)19-14(21)10-6-7-26-15(10)18-13(20)9-4-5-12(11(17)8-9)27(2,23)24/h4-5,8,10,15H,3,6-7,17H2,1-2H3,(H,18,20)(H,19,21,22). The Bertz CT molecular complexity index is 856. The minimum atomic E-state index is -3.49. The van der Waals surface area contributed by atoms with Crippen molar-refractivity contribution in [2.75, 3.05) is 24.3 Å². The Kier molecular flexibility index (Phi) is 6.71. The van der Waals surface area contributed by atoms with Crippen LogP contribution in [0.3, 0.4) is 0 Å². The quantitative estimate of drug-likeness (QED) is 0.598. The van der Waals surface area contributed by atoms with Crippen molar-refractivity contribution in [1.29, 1.82) is 0 Å². The van der Waals surface area contributed by atoms with E-state index in [1.165, 1.54) is 30.0 Å². The molecule has 148 valence electrons. The molecule has 1 aromatic carbocycles. The van der Waals surface area contributed by atoms with Crippen LogP contribution in [-0.2, 0) is 19.4 Å². The lowest BCUT2D eigenvalue weighted by Gasteiger charge is -2.19. The monoisotopic (exact) mass is 415 g/mol. The van der Waals surface area contributed by atoms with Gasteiger partial charge in [0.15, 0.2) is 9.84 Å². The molecule has 2 unspecified atom stereocenters. The molecule has 1 aliphatic rings. The summed E-state index contributed by atoms with van der Waals surface area (Å²) in [6, 6.07) is 3.90. The normalized spacial score (nSPS) is 19.3. The third kappa shape index (κ3) is 5.36. The molecule has 0 aromatic heterocycles. The van der Waals surface area contributed by atoms with E-state index >= 15 is 0 Å². The number of ether oxygens (including phenoxy) is 1. The number of carbonyl (C=O) groups excluding carboxylic acids is 3. The fourth-order valence-corrected chi connectivity index (χ4v) is 4.73. The molecule has 2 atom stereocenters. The maximum Gasteiger partial charge on any atom is 0.413 e. The van der Waals surface area contributed by atoms with Gasteiger partial charge in [-0.3, -0.25) is 14.9 Å². The first kappa shape index (κ1) is 21.0. The summed E-state index contributed by atoms with van der Waals surface area (Å²) < 4.78 is 27.9. The fourth-order valence-electron chi connectivity index (χ4n) is 2.60. The van der Waals surface area contributed by atoms with Crippen molar-refractivity contribution in [3.63, 3.8) is 0 Å². The number of nitrogens with two attached hydrogens (primary N) is 1. The van der Waals surface area contributed by atoms with Crippen molar-refractivity contribution < 1.29 is 27.5 Å². The zero-order valence-electron chi connectivity index (χ0n) is 14.9. The lowest BCUT2D eigenvalue weighted by Crippen LogP contribution is -2.44. The summed E-state index contributed by atoms with van der Waals surface area (Å²) in [7, 11) is -3.49. The van der Waals surface area contributed by atoms with E-state index in [0.717, 1.165) is 6.26 Å². The third-order valence-corrected chi connectivity index (χ3v) is 6.32. The maximum absolute atomic E-state index is 12.5. The fraction of sp³-hybridized carbons (Fsp3) is 0.438. The van der Waals surface area contributed by atoms with Crippen LogP contribution in [0.4, 0.5) is 10.5 Å². The molecule has 1 aromatic rings. The molecular formula is C16H21N3O6S2. The van der Waals surface area contributed by atoms with Gasteiger partial charge in [0.1, 0.15) is 0 Å². The number of imide groups is 1. The van der Waals surface area contributed by atoms with Crippen molar-refractivity contribution in [2.24, 2.45) is 5.92 Å². The van der Waals surface area contributed by atoms with Crippen molar-refractivity contribution in [2.45, 2.75) is 23.6 Å². The summed E-state index contributed by atoms with van der Waals surface area (Å²) in [4.78, 5) is 36.0. The minimum Gasteiger partial charge on any atom is -0.450 e. The summed E-state index contributed by atoms with van der Waals surface area (Å²) >= 11 is 1.38. The van der Waals surface area contributed by atoms with Crippen molar-refractivity contribution in [3.8, 4) is 0 Å². The maximum atomic E-state index is 12.5. The number of nitrogen functional groups attached to an aromatic ring is 1. The highest BCUT2D eigenvalue weighted by molar-refractivity contribution is 8.00. The molecule has 0 radical (unpaired) electrons. The number of nitrogens with one attached hydrogen (secondary N) is 2. The van der Waals surface area contributed by atoms with E-state index < -0.39 is 39.0 Å². The smallest absolute Gasteiger partial charge is 0.413 e. The highest BCUT2D eigenvalue weighted by Crippen LogP contribution is 2.31. The highest BCUT2D eigenvalue weighted by atomic mass is 32.2. The zero-order valence-corrected chi connectivity index (χ0v) is 16.5. The molecule has 27 heavy (non-hydrogen) atoms. The van der Waals surface area contributed by atoms with E-state index in [9.17, 15) is 22.8 Å². The van der Waals surface area contributed by atoms with Gasteiger partial charge < -0.3 is 15.8 Å². The van der Waals surface area contributed by atoms with E-state index in [-0.39, 0.29) is 22.8 Å². The van der Waals surface area contributed by atoms with Crippen LogP contribution >= 0.6 is 11.8 Å². The van der Waals surface area contributed by atoms with Gasteiger partial charge >= 0.3 is 6.09 Å². The second-order valence-electron chi connectivity index (χ2n) is 5.89. The number of hydrogen-bond donors (Lipinski definition) is 3. The van der Waals surface area contributed by atoms with Crippen molar-refractivity contribution in [3.05, 3.63) is 23.8 Å². The van der Waals surface area contributed by atoms with Crippen molar-refractivity contribution in [1.82, 2.24) is 10.6 Å². The molecule has 0 bridgehead atoms. The zero-order chi connectivity index (χ0) is 20.2. The molecule has 0 aliphatic carbocycles. The van der Waals surface area contributed by atoms with Crippen LogP contribution in [0.2, 0.25) is 0 Å². The second kappa shape index (κ2) is 8.61. The van der Waals surface area contributed by atoms with Gasteiger partial charge in [0.25, 0.3) is 5.91 Å². The Morgan fingerprint density at radius 1 is 1.33 bits per heavy atom. The molecule has 1 aliphatic heterocycles. The molecule has 0 saturated carbocycles. The molecule has 1 heterocycles. The van der Waals surface area contributed by atoms with Gasteiger partial charge in [-0.2, -0.15) is 0 Å². The number of amides is 3. The molecule has 1 saturated heterocycles. The Morgan fingerprint density at radius 2 is 2.04 bits per heavy atom. The first-order valence-electron chi connectivity index (χ1n) is 8.13. The SMILES string of the molecule is CCOC(=O)NC(=O)C1CCSC1NC(=O)c1ccc(S(C)(=O)=O)c(N)c1. The summed E-state index contributed by atoms with van der Waals surface area (Å²) in [5, 5.41) is 4.35. The van der Waals surface area contributed by atoms with E-state index in [0.29, 0.717) is 12.2 Å². The minimum absolute atomic E-state index is 0.0270. The van der Waals surface area contributed by atoms with Crippen LogP contribution in [0.1, 0.15) is 23.7 Å². The molecule has 9 nitrogen and oxygen atoms in total. The molecular weight excluding hydrogens is 394 g/mol. The Hall–Kier alpha value is -2.27. The Morgan fingerprint density at radius 3 is 2.63 bits per heavy atom. The number of sulfone groups is 1. The number of benzene rings is 1. The van der Waals surface area contributed by atoms with Crippen LogP contribution < -0.4 is 16.4 Å². The summed E-state index contributed by atoms with van der Waals surface area (Å²) in [5.41, 5.74) is 5.88. The predicted molar refractivity (Wildman–Crippen MR) is 101 cm³/mol. The van der Waals surface area contributed by atoms with E-state index in [4.69, 9.17) is 5.73 Å². The Balaban J connectivity index is 2.07. The Labute approximate surface area is 161 Å². The van der Waals surface area contributed by atoms with Crippen LogP contribution in [0.5, 0.6) is 0 Å². The molecule has 0 spiro atoms. The van der Waals surface area contributed by atoms with Gasteiger partial charge in [-0.1, -0.05) is 0 Å². The molecule has 2 rings (SSSR count). The van der Waals surface area contributed by atoms with E-state index in [1.807, 2.05) is 0 Å². The molecule has 1 fully saturated rings. The van der Waals surface area contributed by atoms with Gasteiger partial charge in [-0.15, -0.1) is 11.8 Å². The lowest BCUT2D eigenvalue weighted by atomic mass is 10.1. The molecule has 4 N–H and O–H groups in total. The van der Waals surface area contributed by atoms with Crippen molar-refractivity contribution >= 4 is 45.2 Å². The van der Waals surface area contributed by atoms with Gasteiger partial charge in [0.2, 0.25) is 5.91 Å². The number of hydrogen-bond acceptors (Lipinski definition) is 8. The number of thioether (sulfide) groups is 1. The summed E-state index contributed by atoms with van der Waals surface area (Å²) in [6.45, 7) is 1.77. The third-order valence-electron chi connectivity index (χ3n) is 3.87. The van der Waals surface area contributed by atoms with E-state index in [1.54, 1.807) is 6.92 Å². The van der Waals surface area contributed by atoms with Gasteiger partial charge in [-0.25, -0.2) is 13.2 Å². The first-order valence-corrected chi connectivity index (χ1v) is 11.1. The number of anilines is 1. The average Bonchev–Trinajstić information content (AvgIpc) is 3.01. The summed E-state index contributed by atoms with van der Waals surface area (Å²) in [6.07, 6.45) is 0.699. The highest BCUT2D eigenvalue weighted by Gasteiger charge is 2.36. The predicted octanol–water partition coefficient (Wildman–Crippen LogP) is 0.754. The summed E-state index contributed by atoms with van der Waals surface area (Å²) in [5.74, 6) is -0.956. The van der Waals surface area contributed by atoms with Crippen LogP contribution in [0.15, 0.2) is 23.1 Å². The first-order chi connectivity index (χ1) is 12.6. The lowest BCUT2D eigenvalue weighted by molar-refractivity contribution is -0.124. The molecule has 11 heteroatoms. The van der Waals surface area contributed by atoms with Crippen LogP contribution in [-0.4, -0.2) is 50.3 Å². The van der Waals surface area contributed by atoms with Gasteiger partial charge in [0, 0.05) is 11.8 Å². The number of alkyl carbamates (subject to hydrolysis) is 1. The van der Waals surface area contributed by atoms with Crippen LogP contribution in [0.25, 0.3) is 0 Å². The topological polar surface area (TPSA) is 145 Å². The van der Waals surface area contributed by atoms with Crippen LogP contribution in [0, 0.1) is 5.92 Å². The molecule has 3 amide bonds. The number of rotatable bonds is 5.